The largest absolute Gasteiger partial charge is 0.450 e. The normalized spacial score (nSPS) is 13.0. The van der Waals surface area contributed by atoms with Crippen molar-refractivity contribution in [2.24, 2.45) is 0 Å². The number of nitrogens with one attached hydrogen (secondary N) is 1. The molecule has 0 heterocycles. The maximum absolute atomic E-state index is 11.7. The number of ether oxygens (including phenoxy) is 1. The Morgan fingerprint density at radius 2 is 0.972 bits per heavy atom. The van der Waals surface area contributed by atoms with Gasteiger partial charge < -0.3 is 19.5 Å². The summed E-state index contributed by atoms with van der Waals surface area (Å²) in [7, 11) is -3.35. The second kappa shape index (κ2) is 27.5. The smallest absolute Gasteiger partial charge is 0.407 e. The molecule has 0 spiro atoms. The molecule has 1 unspecified atom stereocenters. The molecule has 0 aromatic carbocycles. The third-order valence-electron chi connectivity index (χ3n) is 6.65. The zero-order chi connectivity index (χ0) is 26.6. The van der Waals surface area contributed by atoms with E-state index in [0.29, 0.717) is 19.8 Å². The predicted molar refractivity (Wildman–Crippen MR) is 153 cm³/mol. The summed E-state index contributed by atoms with van der Waals surface area (Å²) < 4.78 is 21.0. The lowest BCUT2D eigenvalue weighted by Crippen LogP contribution is -2.25. The van der Waals surface area contributed by atoms with Gasteiger partial charge in [0.15, 0.2) is 0 Å². The molecule has 0 radical (unpaired) electrons. The highest BCUT2D eigenvalue weighted by Crippen LogP contribution is 2.36. The van der Waals surface area contributed by atoms with Crippen LogP contribution in [0.3, 0.4) is 0 Å². The van der Waals surface area contributed by atoms with Crippen LogP contribution >= 0.6 is 7.60 Å². The first-order valence-corrected chi connectivity index (χ1v) is 17.3. The van der Waals surface area contributed by atoms with Crippen molar-refractivity contribution >= 4 is 13.7 Å². The van der Waals surface area contributed by atoms with E-state index in [-0.39, 0.29) is 6.09 Å². The number of alkyl carbamates (subject to hydrolysis) is 1. The van der Waals surface area contributed by atoms with Crippen LogP contribution in [0.15, 0.2) is 0 Å². The summed E-state index contributed by atoms with van der Waals surface area (Å²) in [5.41, 5.74) is 0. The molecule has 216 valence electrons. The van der Waals surface area contributed by atoms with E-state index in [1.807, 2.05) is 0 Å². The molecular weight excluding hydrogens is 473 g/mol. The minimum atomic E-state index is -3.35. The van der Waals surface area contributed by atoms with Gasteiger partial charge in [0.1, 0.15) is 0 Å². The van der Waals surface area contributed by atoms with Crippen molar-refractivity contribution in [3.05, 3.63) is 0 Å². The summed E-state index contributed by atoms with van der Waals surface area (Å²) in [6.45, 7) is 4.89. The Labute approximate surface area is 223 Å². The molecular formula is C29H60NO5P. The molecule has 0 bridgehead atoms. The highest BCUT2D eigenvalue weighted by Gasteiger charge is 2.08. The van der Waals surface area contributed by atoms with E-state index >= 15 is 0 Å². The number of hydrogen-bond donors (Lipinski definition) is 2. The molecule has 1 amide bonds. The lowest BCUT2D eigenvalue weighted by Gasteiger charge is -2.08. The topological polar surface area (TPSA) is 84.9 Å². The molecule has 0 aromatic heterocycles. The van der Waals surface area contributed by atoms with Gasteiger partial charge in [-0.3, -0.25) is 4.57 Å². The second-order valence-electron chi connectivity index (χ2n) is 10.5. The molecule has 1 atom stereocenters. The van der Waals surface area contributed by atoms with Gasteiger partial charge in [0, 0.05) is 13.2 Å². The summed E-state index contributed by atoms with van der Waals surface area (Å²) >= 11 is 0. The zero-order valence-corrected chi connectivity index (χ0v) is 24.8. The third kappa shape index (κ3) is 31.4. The molecule has 0 aliphatic heterocycles. The van der Waals surface area contributed by atoms with E-state index in [1.165, 1.54) is 116 Å². The van der Waals surface area contributed by atoms with Crippen molar-refractivity contribution in [1.29, 1.82) is 0 Å². The molecule has 0 aliphatic rings. The Balaban J connectivity index is 3.16. The molecule has 0 saturated heterocycles. The summed E-state index contributed by atoms with van der Waals surface area (Å²) in [4.78, 5) is 20.7. The quantitative estimate of drug-likeness (QED) is 0.0772. The number of rotatable bonds is 28. The Morgan fingerprint density at radius 1 is 0.611 bits per heavy atom. The first-order chi connectivity index (χ1) is 17.5. The molecule has 0 rings (SSSR count). The van der Waals surface area contributed by atoms with E-state index in [4.69, 9.17) is 14.2 Å². The van der Waals surface area contributed by atoms with E-state index in [9.17, 15) is 9.36 Å². The monoisotopic (exact) mass is 533 g/mol. The van der Waals surface area contributed by atoms with Crippen LogP contribution in [-0.2, 0) is 13.8 Å². The van der Waals surface area contributed by atoms with Crippen LogP contribution in [0.25, 0.3) is 0 Å². The number of unbranched alkanes of at least 4 members (excludes halogenated alkanes) is 21. The van der Waals surface area contributed by atoms with Gasteiger partial charge in [-0.05, 0) is 19.3 Å². The predicted octanol–water partition coefficient (Wildman–Crippen LogP) is 9.54. The average Bonchev–Trinajstić information content (AvgIpc) is 2.83. The maximum atomic E-state index is 11.7. The van der Waals surface area contributed by atoms with Gasteiger partial charge in [-0.2, -0.15) is 0 Å². The van der Waals surface area contributed by atoms with Crippen LogP contribution in [0.1, 0.15) is 155 Å². The van der Waals surface area contributed by atoms with E-state index in [2.05, 4.69) is 12.2 Å². The van der Waals surface area contributed by atoms with Gasteiger partial charge in [-0.25, -0.2) is 4.79 Å². The lowest BCUT2D eigenvalue weighted by molar-refractivity contribution is 0.143. The Morgan fingerprint density at radius 3 is 1.39 bits per heavy atom. The van der Waals surface area contributed by atoms with Gasteiger partial charge >= 0.3 is 13.7 Å². The minimum absolute atomic E-state index is 0.305. The van der Waals surface area contributed by atoms with Crippen molar-refractivity contribution in [3.8, 4) is 0 Å². The van der Waals surface area contributed by atoms with Crippen molar-refractivity contribution in [3.63, 3.8) is 0 Å². The average molecular weight is 534 g/mol. The summed E-state index contributed by atoms with van der Waals surface area (Å²) in [6, 6.07) is 0. The highest BCUT2D eigenvalue weighted by molar-refractivity contribution is 7.51. The number of carbonyl (C=O) groups is 1. The molecule has 6 nitrogen and oxygen atoms in total. The molecule has 0 aliphatic carbocycles. The van der Waals surface area contributed by atoms with Crippen LogP contribution in [0.4, 0.5) is 4.79 Å². The maximum Gasteiger partial charge on any atom is 0.407 e. The van der Waals surface area contributed by atoms with Crippen LogP contribution in [-0.4, -0.2) is 37.4 Å². The third-order valence-corrected chi connectivity index (χ3v) is 7.31. The van der Waals surface area contributed by atoms with E-state index in [1.54, 1.807) is 0 Å². The Bertz CT molecular complexity index is 512. The standard InChI is InChI=1S/C29H60NO5P/c1-3-4-5-6-7-8-9-10-11-12-13-14-15-16-17-18-19-21-24-27-34-29(31)30-26-23-20-22-25-28-35-36(2,32)33/h3-28H2,1-2H3,(H,30,31)(H,32,33). The molecule has 7 heteroatoms. The Hall–Kier alpha value is -0.580. The first kappa shape index (κ1) is 35.4. The van der Waals surface area contributed by atoms with Gasteiger partial charge in [-0.1, -0.05) is 135 Å². The van der Waals surface area contributed by atoms with Crippen molar-refractivity contribution in [2.45, 2.75) is 155 Å². The van der Waals surface area contributed by atoms with Gasteiger partial charge in [0.05, 0.1) is 13.2 Å². The number of amides is 1. The van der Waals surface area contributed by atoms with Crippen LogP contribution < -0.4 is 5.32 Å². The molecule has 0 saturated carbocycles. The first-order valence-electron chi connectivity index (χ1n) is 15.3. The molecule has 36 heavy (non-hydrogen) atoms. The van der Waals surface area contributed by atoms with Gasteiger partial charge in [0.25, 0.3) is 0 Å². The fourth-order valence-electron chi connectivity index (χ4n) is 4.40. The molecule has 0 fully saturated rings. The number of hydrogen-bond acceptors (Lipinski definition) is 4. The number of carbonyl (C=O) groups excluding carboxylic acids is 1. The fraction of sp³-hybridized carbons (Fsp3) is 0.966. The second-order valence-corrected chi connectivity index (χ2v) is 12.3. The summed E-state index contributed by atoms with van der Waals surface area (Å²) in [6.07, 6.45) is 28.9. The summed E-state index contributed by atoms with van der Waals surface area (Å²) in [5.74, 6) is 0. The van der Waals surface area contributed by atoms with Gasteiger partial charge in [0.2, 0.25) is 0 Å². The van der Waals surface area contributed by atoms with Crippen molar-refractivity contribution < 1.29 is 23.5 Å². The zero-order valence-electron chi connectivity index (χ0n) is 23.9. The minimum Gasteiger partial charge on any atom is -0.450 e. The SMILES string of the molecule is CCCCCCCCCCCCCCCCCCCCCOC(=O)NCCCCCCOP(C)(=O)O. The lowest BCUT2D eigenvalue weighted by atomic mass is 10.0. The molecule has 2 N–H and O–H groups in total. The molecule has 0 aromatic rings. The Kier molecular flexibility index (Phi) is 27.0. The summed E-state index contributed by atoms with van der Waals surface area (Å²) in [5, 5.41) is 2.78. The van der Waals surface area contributed by atoms with E-state index < -0.39 is 7.60 Å². The van der Waals surface area contributed by atoms with Gasteiger partial charge in [-0.15, -0.1) is 0 Å². The fourth-order valence-corrected chi connectivity index (χ4v) is 4.87. The van der Waals surface area contributed by atoms with E-state index in [0.717, 1.165) is 38.5 Å². The van der Waals surface area contributed by atoms with Crippen LogP contribution in [0, 0.1) is 0 Å². The highest BCUT2D eigenvalue weighted by atomic mass is 31.2. The van der Waals surface area contributed by atoms with Crippen molar-refractivity contribution in [1.82, 2.24) is 5.32 Å². The van der Waals surface area contributed by atoms with Crippen LogP contribution in [0.2, 0.25) is 0 Å². The van der Waals surface area contributed by atoms with Crippen LogP contribution in [0.5, 0.6) is 0 Å². The van der Waals surface area contributed by atoms with Crippen molar-refractivity contribution in [2.75, 3.05) is 26.4 Å².